The van der Waals surface area contributed by atoms with Crippen molar-refractivity contribution in [3.8, 4) is 0 Å². The van der Waals surface area contributed by atoms with Crippen LogP contribution in [0.4, 0.5) is 0 Å². The van der Waals surface area contributed by atoms with Crippen molar-refractivity contribution < 1.29 is 4.74 Å². The fourth-order valence-corrected chi connectivity index (χ4v) is 4.54. The number of thioether (sulfide) groups is 2. The van der Waals surface area contributed by atoms with Crippen molar-refractivity contribution in [2.45, 2.75) is 24.6 Å². The van der Waals surface area contributed by atoms with Gasteiger partial charge in [-0.15, -0.1) is 0 Å². The smallest absolute Gasteiger partial charge is 0.0465 e. The molecule has 2 N–H and O–H groups in total. The second-order valence-corrected chi connectivity index (χ2v) is 6.32. The number of hydrogen-bond donors (Lipinski definition) is 1. The molecule has 1 heterocycles. The molecule has 3 unspecified atom stereocenters. The van der Waals surface area contributed by atoms with E-state index in [9.17, 15) is 0 Å². The Morgan fingerprint density at radius 2 is 2.29 bits per heavy atom. The molecule has 0 amide bonds. The van der Waals surface area contributed by atoms with Gasteiger partial charge in [-0.25, -0.2) is 0 Å². The quantitative estimate of drug-likeness (QED) is 0.788. The van der Waals surface area contributed by atoms with Crippen molar-refractivity contribution in [1.29, 1.82) is 0 Å². The lowest BCUT2D eigenvalue weighted by Gasteiger charge is -2.30. The van der Waals surface area contributed by atoms with Gasteiger partial charge < -0.3 is 10.5 Å². The summed E-state index contributed by atoms with van der Waals surface area (Å²) in [5.74, 6) is 4.36. The van der Waals surface area contributed by atoms with Gasteiger partial charge >= 0.3 is 0 Å². The molecule has 1 fully saturated rings. The molecule has 1 aliphatic heterocycles. The molecule has 0 aromatic rings. The summed E-state index contributed by atoms with van der Waals surface area (Å²) < 4.78 is 5.08. The second-order valence-electron chi connectivity index (χ2n) is 3.82. The molecule has 0 radical (unpaired) electrons. The Bertz CT molecular complexity index is 151. The Kier molecular flexibility index (Phi) is 6.33. The summed E-state index contributed by atoms with van der Waals surface area (Å²) >= 11 is 4.09. The van der Waals surface area contributed by atoms with Crippen LogP contribution < -0.4 is 5.73 Å². The Morgan fingerprint density at radius 1 is 1.50 bits per heavy atom. The highest BCUT2D eigenvalue weighted by atomic mass is 32.2. The molecule has 1 saturated heterocycles. The molecule has 0 bridgehead atoms. The fraction of sp³-hybridized carbons (Fsp3) is 1.00. The van der Waals surface area contributed by atoms with E-state index < -0.39 is 0 Å². The van der Waals surface area contributed by atoms with Crippen LogP contribution in [0.1, 0.15) is 13.3 Å². The highest BCUT2D eigenvalue weighted by Crippen LogP contribution is 2.28. The molecule has 1 aliphatic rings. The van der Waals surface area contributed by atoms with Crippen LogP contribution in [0, 0.1) is 5.92 Å². The van der Waals surface area contributed by atoms with Gasteiger partial charge in [-0.2, -0.15) is 23.5 Å². The number of nitrogens with two attached hydrogens (primary N) is 1. The number of hydrogen-bond acceptors (Lipinski definition) is 4. The zero-order valence-electron chi connectivity index (χ0n) is 9.07. The predicted octanol–water partition coefficient (Wildman–Crippen LogP) is 1.83. The van der Waals surface area contributed by atoms with Crippen LogP contribution in [-0.4, -0.2) is 42.3 Å². The van der Waals surface area contributed by atoms with Crippen molar-refractivity contribution in [2.75, 3.05) is 31.0 Å². The molecule has 3 atom stereocenters. The highest BCUT2D eigenvalue weighted by molar-refractivity contribution is 8.06. The van der Waals surface area contributed by atoms with Gasteiger partial charge in [0.2, 0.25) is 0 Å². The minimum Gasteiger partial charge on any atom is -0.385 e. The van der Waals surface area contributed by atoms with E-state index in [2.05, 4.69) is 6.92 Å². The summed E-state index contributed by atoms with van der Waals surface area (Å²) in [7, 11) is 1.75. The lowest BCUT2D eigenvalue weighted by molar-refractivity contribution is 0.174. The first kappa shape index (κ1) is 12.7. The van der Waals surface area contributed by atoms with Crippen molar-refractivity contribution in [2.24, 2.45) is 11.7 Å². The van der Waals surface area contributed by atoms with Gasteiger partial charge in [0, 0.05) is 42.3 Å². The third-order valence-corrected chi connectivity index (χ3v) is 5.61. The average molecular weight is 235 g/mol. The minimum atomic E-state index is 0.336. The predicted molar refractivity (Wildman–Crippen MR) is 67.2 cm³/mol. The number of ether oxygens (including phenoxy) is 1. The van der Waals surface area contributed by atoms with Crippen LogP contribution in [0.5, 0.6) is 0 Å². The highest BCUT2D eigenvalue weighted by Gasteiger charge is 2.25. The molecular weight excluding hydrogens is 214 g/mol. The van der Waals surface area contributed by atoms with E-state index in [0.717, 1.165) is 13.0 Å². The lowest BCUT2D eigenvalue weighted by atomic mass is 9.97. The molecule has 0 aliphatic carbocycles. The summed E-state index contributed by atoms with van der Waals surface area (Å²) in [4.78, 5) is 0. The molecule has 84 valence electrons. The third-order valence-electron chi connectivity index (χ3n) is 2.71. The van der Waals surface area contributed by atoms with Gasteiger partial charge in [-0.3, -0.25) is 0 Å². The molecule has 0 spiro atoms. The summed E-state index contributed by atoms with van der Waals surface area (Å²) in [6.45, 7) is 3.07. The molecule has 1 rings (SSSR count). The lowest BCUT2D eigenvalue weighted by Crippen LogP contribution is -2.41. The number of methoxy groups -OCH3 is 1. The van der Waals surface area contributed by atoms with E-state index in [1.807, 2.05) is 23.5 Å². The Balaban J connectivity index is 2.26. The van der Waals surface area contributed by atoms with Crippen LogP contribution in [0.25, 0.3) is 0 Å². The topological polar surface area (TPSA) is 35.2 Å². The van der Waals surface area contributed by atoms with Crippen molar-refractivity contribution in [3.63, 3.8) is 0 Å². The average Bonchev–Trinajstić information content (AvgIpc) is 2.26. The first-order valence-corrected chi connectivity index (χ1v) is 7.40. The summed E-state index contributed by atoms with van der Waals surface area (Å²) in [6.07, 6.45) is 1.08. The fourth-order valence-electron chi connectivity index (χ4n) is 1.59. The summed E-state index contributed by atoms with van der Waals surface area (Å²) in [5.41, 5.74) is 6.24. The van der Waals surface area contributed by atoms with Gasteiger partial charge in [0.1, 0.15) is 0 Å². The first-order valence-electron chi connectivity index (χ1n) is 5.19. The van der Waals surface area contributed by atoms with E-state index in [-0.39, 0.29) is 0 Å². The minimum absolute atomic E-state index is 0.336. The van der Waals surface area contributed by atoms with E-state index in [1.165, 1.54) is 17.3 Å². The maximum absolute atomic E-state index is 6.24. The Hall–Kier alpha value is 0.620. The van der Waals surface area contributed by atoms with Crippen LogP contribution in [0.3, 0.4) is 0 Å². The molecule has 4 heteroatoms. The largest absolute Gasteiger partial charge is 0.385 e. The second kappa shape index (κ2) is 6.99. The number of rotatable bonds is 5. The SMILES string of the molecule is COCCC(C)C(N)C1CSCCS1. The maximum atomic E-state index is 6.24. The summed E-state index contributed by atoms with van der Waals surface area (Å²) in [6, 6.07) is 0.336. The first-order chi connectivity index (χ1) is 6.75. The van der Waals surface area contributed by atoms with Gasteiger partial charge in [0.15, 0.2) is 0 Å². The van der Waals surface area contributed by atoms with Crippen LogP contribution in [0.15, 0.2) is 0 Å². The normalized spacial score (nSPS) is 27.2. The Labute approximate surface area is 95.7 Å². The third kappa shape index (κ3) is 4.01. The molecule has 14 heavy (non-hydrogen) atoms. The van der Waals surface area contributed by atoms with E-state index in [0.29, 0.717) is 17.2 Å². The standard InChI is InChI=1S/C10H21NOS2/c1-8(3-4-12-2)10(11)9-7-13-5-6-14-9/h8-10H,3-7,11H2,1-2H3. The van der Waals surface area contributed by atoms with Gasteiger partial charge in [0.25, 0.3) is 0 Å². The van der Waals surface area contributed by atoms with Crippen LogP contribution in [0.2, 0.25) is 0 Å². The van der Waals surface area contributed by atoms with E-state index >= 15 is 0 Å². The molecule has 2 nitrogen and oxygen atoms in total. The van der Waals surface area contributed by atoms with Crippen LogP contribution >= 0.6 is 23.5 Å². The van der Waals surface area contributed by atoms with E-state index in [1.54, 1.807) is 7.11 Å². The van der Waals surface area contributed by atoms with Crippen LogP contribution in [-0.2, 0) is 4.74 Å². The zero-order valence-corrected chi connectivity index (χ0v) is 10.7. The van der Waals surface area contributed by atoms with E-state index in [4.69, 9.17) is 10.5 Å². The Morgan fingerprint density at radius 3 is 2.86 bits per heavy atom. The summed E-state index contributed by atoms with van der Waals surface area (Å²) in [5, 5.41) is 0.653. The molecular formula is C10H21NOS2. The van der Waals surface area contributed by atoms with Crippen molar-refractivity contribution in [1.82, 2.24) is 0 Å². The van der Waals surface area contributed by atoms with Crippen molar-refractivity contribution >= 4 is 23.5 Å². The molecule has 0 aromatic heterocycles. The maximum Gasteiger partial charge on any atom is 0.0465 e. The molecule has 0 aromatic carbocycles. The zero-order chi connectivity index (χ0) is 10.4. The molecule has 0 saturated carbocycles. The van der Waals surface area contributed by atoms with Gasteiger partial charge in [-0.1, -0.05) is 6.92 Å². The van der Waals surface area contributed by atoms with Crippen molar-refractivity contribution in [3.05, 3.63) is 0 Å². The monoisotopic (exact) mass is 235 g/mol. The van der Waals surface area contributed by atoms with Gasteiger partial charge in [-0.05, 0) is 12.3 Å². The van der Waals surface area contributed by atoms with Gasteiger partial charge in [0.05, 0.1) is 0 Å².